The predicted octanol–water partition coefficient (Wildman–Crippen LogP) is 0.793. The largest absolute Gasteiger partial charge is 0.469 e. The molecule has 0 radical (unpaired) electrons. The number of hydrogen-bond donors (Lipinski definition) is 1. The van der Waals surface area contributed by atoms with Gasteiger partial charge in [0.2, 0.25) is 0 Å². The summed E-state index contributed by atoms with van der Waals surface area (Å²) in [6, 6.07) is 0.435. The first-order valence-corrected chi connectivity index (χ1v) is 4.46. The normalized spacial score (nSPS) is 36.1. The molecular formula is C9H17NO2. The number of rotatable bonds is 1. The summed E-state index contributed by atoms with van der Waals surface area (Å²) in [6.07, 6.45) is 0.897. The summed E-state index contributed by atoms with van der Waals surface area (Å²) in [7, 11) is 1.46. The van der Waals surface area contributed by atoms with E-state index in [0.29, 0.717) is 12.0 Å². The van der Waals surface area contributed by atoms with Crippen molar-refractivity contribution in [1.29, 1.82) is 0 Å². The first-order valence-electron chi connectivity index (χ1n) is 4.46. The molecule has 1 aliphatic heterocycles. The maximum absolute atomic E-state index is 11.3. The second-order valence-corrected chi connectivity index (χ2v) is 3.65. The molecule has 3 nitrogen and oxygen atoms in total. The van der Waals surface area contributed by atoms with E-state index in [0.717, 1.165) is 13.0 Å². The highest BCUT2D eigenvalue weighted by atomic mass is 16.5. The van der Waals surface area contributed by atoms with Crippen LogP contribution in [-0.4, -0.2) is 25.7 Å². The van der Waals surface area contributed by atoms with Gasteiger partial charge in [0.05, 0.1) is 13.0 Å². The maximum Gasteiger partial charge on any atom is 0.309 e. The highest BCUT2D eigenvalue weighted by Crippen LogP contribution is 2.22. The molecule has 12 heavy (non-hydrogen) atoms. The number of piperidine rings is 1. The first-order chi connectivity index (χ1) is 5.65. The van der Waals surface area contributed by atoms with E-state index in [-0.39, 0.29) is 11.9 Å². The van der Waals surface area contributed by atoms with E-state index >= 15 is 0 Å². The summed E-state index contributed by atoms with van der Waals surface area (Å²) in [6.45, 7) is 5.10. The molecule has 1 saturated heterocycles. The number of ether oxygens (including phenoxy) is 1. The predicted molar refractivity (Wildman–Crippen MR) is 46.8 cm³/mol. The van der Waals surface area contributed by atoms with Crippen LogP contribution in [0.2, 0.25) is 0 Å². The highest BCUT2D eigenvalue weighted by molar-refractivity contribution is 5.72. The smallest absolute Gasteiger partial charge is 0.309 e. The Morgan fingerprint density at radius 3 is 2.75 bits per heavy atom. The molecule has 70 valence electrons. The van der Waals surface area contributed by atoms with Crippen molar-refractivity contribution in [2.45, 2.75) is 26.3 Å². The topological polar surface area (TPSA) is 38.3 Å². The molecular weight excluding hydrogens is 154 g/mol. The minimum Gasteiger partial charge on any atom is -0.469 e. The molecule has 0 aliphatic carbocycles. The molecule has 1 rings (SSSR count). The lowest BCUT2D eigenvalue weighted by Gasteiger charge is -2.31. The minimum atomic E-state index is -0.0594. The Balaban J connectivity index is 2.54. The third-order valence-electron chi connectivity index (χ3n) is 2.59. The zero-order valence-corrected chi connectivity index (χ0v) is 7.96. The molecule has 1 heterocycles. The van der Waals surface area contributed by atoms with Crippen LogP contribution in [-0.2, 0) is 9.53 Å². The van der Waals surface area contributed by atoms with Crippen LogP contribution in [0.15, 0.2) is 0 Å². The van der Waals surface area contributed by atoms with Crippen molar-refractivity contribution in [2.75, 3.05) is 13.7 Å². The summed E-state index contributed by atoms with van der Waals surface area (Å²) in [5.41, 5.74) is 0. The van der Waals surface area contributed by atoms with E-state index in [1.54, 1.807) is 0 Å². The number of methoxy groups -OCH3 is 1. The van der Waals surface area contributed by atoms with Gasteiger partial charge in [0, 0.05) is 6.04 Å². The molecule has 1 N–H and O–H groups in total. The summed E-state index contributed by atoms with van der Waals surface area (Å²) >= 11 is 0. The van der Waals surface area contributed by atoms with Crippen LogP contribution >= 0.6 is 0 Å². The fourth-order valence-electron chi connectivity index (χ4n) is 1.71. The lowest BCUT2D eigenvalue weighted by atomic mass is 9.85. The van der Waals surface area contributed by atoms with Crippen LogP contribution < -0.4 is 5.32 Å². The second-order valence-electron chi connectivity index (χ2n) is 3.65. The maximum atomic E-state index is 11.3. The van der Waals surface area contributed by atoms with Gasteiger partial charge < -0.3 is 10.1 Å². The van der Waals surface area contributed by atoms with E-state index in [1.807, 2.05) is 0 Å². The highest BCUT2D eigenvalue weighted by Gasteiger charge is 2.31. The van der Waals surface area contributed by atoms with Gasteiger partial charge in [-0.2, -0.15) is 0 Å². The molecule has 0 aromatic rings. The van der Waals surface area contributed by atoms with Gasteiger partial charge in [-0.25, -0.2) is 0 Å². The molecule has 3 heteroatoms. The Labute approximate surface area is 73.5 Å². The Morgan fingerprint density at radius 2 is 2.17 bits per heavy atom. The average Bonchev–Trinajstić information content (AvgIpc) is 2.08. The van der Waals surface area contributed by atoms with Gasteiger partial charge in [-0.3, -0.25) is 4.79 Å². The summed E-state index contributed by atoms with van der Waals surface area (Å²) < 4.78 is 4.74. The number of esters is 1. The zero-order valence-electron chi connectivity index (χ0n) is 7.96. The monoisotopic (exact) mass is 171 g/mol. The van der Waals surface area contributed by atoms with Gasteiger partial charge in [0.25, 0.3) is 0 Å². The Morgan fingerprint density at radius 1 is 1.50 bits per heavy atom. The standard InChI is InChI=1S/C9H17NO2/c1-6-5-10-7(2)4-8(6)9(11)12-3/h6-8,10H,4-5H2,1-3H3/t6-,7-,8+/m1/s1. The number of carbonyl (C=O) groups excluding carboxylic acids is 1. The van der Waals surface area contributed by atoms with Gasteiger partial charge >= 0.3 is 5.97 Å². The first kappa shape index (κ1) is 9.52. The third kappa shape index (κ3) is 1.97. The van der Waals surface area contributed by atoms with Crippen LogP contribution in [0.1, 0.15) is 20.3 Å². The van der Waals surface area contributed by atoms with Gasteiger partial charge in [-0.05, 0) is 25.8 Å². The van der Waals surface area contributed by atoms with Crippen LogP contribution in [0.5, 0.6) is 0 Å². The van der Waals surface area contributed by atoms with Gasteiger partial charge in [-0.1, -0.05) is 6.92 Å². The van der Waals surface area contributed by atoms with Gasteiger partial charge in [-0.15, -0.1) is 0 Å². The summed E-state index contributed by atoms with van der Waals surface area (Å²) in [5, 5.41) is 3.33. The van der Waals surface area contributed by atoms with E-state index in [1.165, 1.54) is 7.11 Å². The molecule has 0 bridgehead atoms. The van der Waals surface area contributed by atoms with Crippen molar-refractivity contribution in [3.8, 4) is 0 Å². The van der Waals surface area contributed by atoms with Crippen LogP contribution in [0.3, 0.4) is 0 Å². The van der Waals surface area contributed by atoms with Crippen LogP contribution in [0, 0.1) is 11.8 Å². The van der Waals surface area contributed by atoms with Crippen molar-refractivity contribution >= 4 is 5.97 Å². The van der Waals surface area contributed by atoms with Crippen LogP contribution in [0.4, 0.5) is 0 Å². The molecule has 3 atom stereocenters. The summed E-state index contributed by atoms with van der Waals surface area (Å²) in [4.78, 5) is 11.3. The molecule has 1 aliphatic rings. The Bertz CT molecular complexity index is 170. The SMILES string of the molecule is COC(=O)[C@H]1C[C@@H](C)NC[C@H]1C. The van der Waals surface area contributed by atoms with Crippen molar-refractivity contribution < 1.29 is 9.53 Å². The molecule has 1 fully saturated rings. The van der Waals surface area contributed by atoms with E-state index in [4.69, 9.17) is 4.74 Å². The van der Waals surface area contributed by atoms with Crippen LogP contribution in [0.25, 0.3) is 0 Å². The lowest BCUT2D eigenvalue weighted by molar-refractivity contribution is -0.148. The van der Waals surface area contributed by atoms with E-state index in [9.17, 15) is 4.79 Å². The van der Waals surface area contributed by atoms with E-state index < -0.39 is 0 Å². The molecule has 0 unspecified atom stereocenters. The fraction of sp³-hybridized carbons (Fsp3) is 0.889. The molecule has 0 amide bonds. The van der Waals surface area contributed by atoms with Gasteiger partial charge in [0.1, 0.15) is 0 Å². The Hall–Kier alpha value is -0.570. The van der Waals surface area contributed by atoms with Gasteiger partial charge in [0.15, 0.2) is 0 Å². The minimum absolute atomic E-state index is 0.0594. The second kappa shape index (κ2) is 3.90. The van der Waals surface area contributed by atoms with Crippen molar-refractivity contribution in [1.82, 2.24) is 5.32 Å². The van der Waals surface area contributed by atoms with Crippen molar-refractivity contribution in [2.24, 2.45) is 11.8 Å². The van der Waals surface area contributed by atoms with Crippen molar-refractivity contribution in [3.63, 3.8) is 0 Å². The molecule has 0 spiro atoms. The Kier molecular flexibility index (Phi) is 3.09. The number of hydrogen-bond acceptors (Lipinski definition) is 3. The molecule has 0 saturated carbocycles. The van der Waals surface area contributed by atoms with Crippen molar-refractivity contribution in [3.05, 3.63) is 0 Å². The lowest BCUT2D eigenvalue weighted by Crippen LogP contribution is -2.44. The number of carbonyl (C=O) groups is 1. The molecule has 0 aromatic heterocycles. The molecule has 0 aromatic carbocycles. The fourth-order valence-corrected chi connectivity index (χ4v) is 1.71. The van der Waals surface area contributed by atoms with E-state index in [2.05, 4.69) is 19.2 Å². The summed E-state index contributed by atoms with van der Waals surface area (Å²) in [5.74, 6) is 0.427. The third-order valence-corrected chi connectivity index (χ3v) is 2.59. The quantitative estimate of drug-likeness (QED) is 0.593. The average molecular weight is 171 g/mol. The number of nitrogens with one attached hydrogen (secondary N) is 1. The zero-order chi connectivity index (χ0) is 9.14.